The minimum atomic E-state index is -0.879. The van der Waals surface area contributed by atoms with E-state index in [-0.39, 0.29) is 17.9 Å². The Morgan fingerprint density at radius 3 is 2.56 bits per heavy atom. The Morgan fingerprint density at radius 2 is 2.06 bits per heavy atom. The fraction of sp³-hybridized carbons (Fsp3) is 0.385. The van der Waals surface area contributed by atoms with Crippen molar-refractivity contribution in [3.8, 4) is 5.75 Å². The molecule has 96 valence electrons. The summed E-state index contributed by atoms with van der Waals surface area (Å²) in [6, 6.07) is 4.75. The molecule has 0 spiro atoms. The van der Waals surface area contributed by atoms with Gasteiger partial charge in [-0.2, -0.15) is 0 Å². The first-order valence-electron chi connectivity index (χ1n) is 5.76. The van der Waals surface area contributed by atoms with Gasteiger partial charge in [-0.15, -0.1) is 0 Å². The predicted octanol–water partition coefficient (Wildman–Crippen LogP) is 1.30. The van der Waals surface area contributed by atoms with Gasteiger partial charge in [0.2, 0.25) is 0 Å². The van der Waals surface area contributed by atoms with Crippen molar-refractivity contribution in [3.05, 3.63) is 29.3 Å². The molecule has 0 bridgehead atoms. The van der Waals surface area contributed by atoms with Crippen LogP contribution in [0.15, 0.2) is 18.2 Å². The van der Waals surface area contributed by atoms with Crippen LogP contribution in [0.4, 0.5) is 0 Å². The van der Waals surface area contributed by atoms with Crippen LogP contribution in [0.25, 0.3) is 0 Å². The summed E-state index contributed by atoms with van der Waals surface area (Å²) >= 11 is 0. The van der Waals surface area contributed by atoms with Gasteiger partial charge in [0, 0.05) is 6.54 Å². The number of nitrogens with one attached hydrogen (secondary N) is 1. The van der Waals surface area contributed by atoms with Gasteiger partial charge in [-0.05, 0) is 37.5 Å². The molecule has 1 aromatic carbocycles. The van der Waals surface area contributed by atoms with Crippen LogP contribution in [0.3, 0.4) is 0 Å². The second-order valence-corrected chi connectivity index (χ2v) is 4.79. The van der Waals surface area contributed by atoms with Crippen LogP contribution in [0.2, 0.25) is 0 Å². The third-order valence-corrected chi connectivity index (χ3v) is 3.29. The van der Waals surface area contributed by atoms with E-state index in [4.69, 9.17) is 5.11 Å². The van der Waals surface area contributed by atoms with Gasteiger partial charge < -0.3 is 15.5 Å². The number of carboxylic acid groups (broad SMARTS) is 1. The Hall–Kier alpha value is -2.04. The van der Waals surface area contributed by atoms with E-state index < -0.39 is 17.3 Å². The number of phenols is 1. The summed E-state index contributed by atoms with van der Waals surface area (Å²) < 4.78 is 0. The van der Waals surface area contributed by atoms with E-state index in [0.717, 1.165) is 5.56 Å². The molecule has 5 nitrogen and oxygen atoms in total. The largest absolute Gasteiger partial charge is 0.507 e. The molecular formula is C13H15NO4. The summed E-state index contributed by atoms with van der Waals surface area (Å²) in [6.45, 7) is 1.92. The molecule has 0 unspecified atom stereocenters. The lowest BCUT2D eigenvalue weighted by Crippen LogP contribution is -2.34. The number of benzene rings is 1. The SMILES string of the molecule is Cc1ccc(C(=O)NCC2(C(=O)O)CC2)c(O)c1. The van der Waals surface area contributed by atoms with Gasteiger partial charge >= 0.3 is 5.97 Å². The summed E-state index contributed by atoms with van der Waals surface area (Å²) in [5.74, 6) is -1.41. The zero-order valence-electron chi connectivity index (χ0n) is 10.1. The van der Waals surface area contributed by atoms with Gasteiger partial charge in [0.25, 0.3) is 5.91 Å². The van der Waals surface area contributed by atoms with Crippen LogP contribution < -0.4 is 5.32 Å². The van der Waals surface area contributed by atoms with Crippen LogP contribution in [0.5, 0.6) is 5.75 Å². The molecule has 2 rings (SSSR count). The quantitative estimate of drug-likeness (QED) is 0.750. The normalized spacial score (nSPS) is 16.1. The number of phenolic OH excluding ortho intramolecular Hbond substituents is 1. The van der Waals surface area contributed by atoms with Gasteiger partial charge in [-0.3, -0.25) is 9.59 Å². The Balaban J connectivity index is 2.02. The maximum atomic E-state index is 11.8. The highest BCUT2D eigenvalue weighted by Gasteiger charge is 2.50. The fourth-order valence-electron chi connectivity index (χ4n) is 1.80. The Morgan fingerprint density at radius 1 is 1.39 bits per heavy atom. The number of carbonyl (C=O) groups excluding carboxylic acids is 1. The topological polar surface area (TPSA) is 86.6 Å². The molecule has 1 amide bonds. The summed E-state index contributed by atoms with van der Waals surface area (Å²) in [6.07, 6.45) is 1.17. The van der Waals surface area contributed by atoms with Crippen molar-refractivity contribution in [2.24, 2.45) is 5.41 Å². The van der Waals surface area contributed by atoms with E-state index in [1.807, 2.05) is 6.92 Å². The molecule has 0 heterocycles. The highest BCUT2D eigenvalue weighted by molar-refractivity contribution is 5.97. The van der Waals surface area contributed by atoms with Crippen molar-refractivity contribution < 1.29 is 19.8 Å². The van der Waals surface area contributed by atoms with E-state index >= 15 is 0 Å². The molecule has 0 saturated heterocycles. The van der Waals surface area contributed by atoms with Gasteiger partial charge in [-0.25, -0.2) is 0 Å². The number of amides is 1. The predicted molar refractivity (Wildman–Crippen MR) is 64.5 cm³/mol. The molecule has 1 aliphatic rings. The summed E-state index contributed by atoms with van der Waals surface area (Å²) in [7, 11) is 0. The van der Waals surface area contributed by atoms with Crippen molar-refractivity contribution in [2.45, 2.75) is 19.8 Å². The highest BCUT2D eigenvalue weighted by Crippen LogP contribution is 2.45. The second kappa shape index (κ2) is 4.33. The van der Waals surface area contributed by atoms with Gasteiger partial charge in [0.05, 0.1) is 11.0 Å². The van der Waals surface area contributed by atoms with Crippen LogP contribution in [-0.4, -0.2) is 28.6 Å². The zero-order chi connectivity index (χ0) is 13.3. The molecule has 0 aliphatic heterocycles. The molecule has 3 N–H and O–H groups in total. The molecule has 5 heteroatoms. The number of hydrogen-bond acceptors (Lipinski definition) is 3. The van der Waals surface area contributed by atoms with Crippen molar-refractivity contribution in [1.82, 2.24) is 5.32 Å². The number of aliphatic carboxylic acids is 1. The van der Waals surface area contributed by atoms with Gasteiger partial charge in [0.15, 0.2) is 0 Å². The van der Waals surface area contributed by atoms with Gasteiger partial charge in [-0.1, -0.05) is 6.07 Å². The van der Waals surface area contributed by atoms with E-state index in [9.17, 15) is 14.7 Å². The number of carbonyl (C=O) groups is 2. The van der Waals surface area contributed by atoms with Crippen molar-refractivity contribution in [1.29, 1.82) is 0 Å². The lowest BCUT2D eigenvalue weighted by molar-refractivity contribution is -0.143. The van der Waals surface area contributed by atoms with Crippen LogP contribution in [0.1, 0.15) is 28.8 Å². The first kappa shape index (κ1) is 12.4. The Labute approximate surface area is 104 Å². The van der Waals surface area contributed by atoms with E-state index in [0.29, 0.717) is 12.8 Å². The van der Waals surface area contributed by atoms with E-state index in [2.05, 4.69) is 5.32 Å². The van der Waals surface area contributed by atoms with Crippen molar-refractivity contribution in [2.75, 3.05) is 6.54 Å². The lowest BCUT2D eigenvalue weighted by Gasteiger charge is -2.12. The number of aryl methyl sites for hydroxylation is 1. The molecule has 0 radical (unpaired) electrons. The molecule has 1 aliphatic carbocycles. The third-order valence-electron chi connectivity index (χ3n) is 3.29. The summed E-state index contributed by atoms with van der Waals surface area (Å²) in [4.78, 5) is 22.8. The molecule has 0 atom stereocenters. The Kier molecular flexibility index (Phi) is 2.98. The van der Waals surface area contributed by atoms with Crippen LogP contribution >= 0.6 is 0 Å². The minimum Gasteiger partial charge on any atom is -0.507 e. The zero-order valence-corrected chi connectivity index (χ0v) is 10.1. The summed E-state index contributed by atoms with van der Waals surface area (Å²) in [5.41, 5.74) is 0.228. The third kappa shape index (κ3) is 2.30. The fourth-order valence-corrected chi connectivity index (χ4v) is 1.80. The standard InChI is InChI=1S/C13H15NO4/c1-8-2-3-9(10(15)6-8)11(16)14-7-13(4-5-13)12(17)18/h2-3,6,15H,4-5,7H2,1H3,(H,14,16)(H,17,18). The van der Waals surface area contributed by atoms with Crippen molar-refractivity contribution >= 4 is 11.9 Å². The number of carboxylic acids is 1. The van der Waals surface area contributed by atoms with Gasteiger partial charge in [0.1, 0.15) is 5.75 Å². The van der Waals surface area contributed by atoms with E-state index in [1.54, 1.807) is 6.07 Å². The highest BCUT2D eigenvalue weighted by atomic mass is 16.4. The maximum Gasteiger partial charge on any atom is 0.311 e. The second-order valence-electron chi connectivity index (χ2n) is 4.79. The number of hydrogen-bond donors (Lipinski definition) is 3. The molecule has 0 aromatic heterocycles. The number of aromatic hydroxyl groups is 1. The van der Waals surface area contributed by atoms with Crippen LogP contribution in [0, 0.1) is 12.3 Å². The Bertz CT molecular complexity index is 506. The minimum absolute atomic E-state index is 0.0901. The molecule has 1 fully saturated rings. The maximum absolute atomic E-state index is 11.8. The monoisotopic (exact) mass is 249 g/mol. The summed E-state index contributed by atoms with van der Waals surface area (Å²) in [5, 5.41) is 21.2. The average Bonchev–Trinajstić information content (AvgIpc) is 3.07. The molecule has 1 aromatic rings. The van der Waals surface area contributed by atoms with Crippen LogP contribution in [-0.2, 0) is 4.79 Å². The van der Waals surface area contributed by atoms with Crippen molar-refractivity contribution in [3.63, 3.8) is 0 Å². The first-order chi connectivity index (χ1) is 8.44. The smallest absolute Gasteiger partial charge is 0.311 e. The number of rotatable bonds is 4. The van der Waals surface area contributed by atoms with E-state index in [1.165, 1.54) is 12.1 Å². The first-order valence-corrected chi connectivity index (χ1v) is 5.76. The molecular weight excluding hydrogens is 234 g/mol. The average molecular weight is 249 g/mol. The molecule has 1 saturated carbocycles. The lowest BCUT2D eigenvalue weighted by atomic mass is 10.1. The molecule has 18 heavy (non-hydrogen) atoms.